The molecule has 0 spiro atoms. The zero-order valence-corrected chi connectivity index (χ0v) is 18.6. The molecule has 0 aliphatic carbocycles. The number of methoxy groups -OCH3 is 2. The lowest BCUT2D eigenvalue weighted by Crippen LogP contribution is -2.30. The Balaban J connectivity index is 1.44. The molecule has 0 bridgehead atoms. The Kier molecular flexibility index (Phi) is 6.65. The van der Waals surface area contributed by atoms with Crippen LogP contribution in [0.1, 0.15) is 40.5 Å². The standard InChI is InChI=1S/C23H28N6O3/c1-16(25-23(30)17-7-5-10-24-14-17)22-27-26-20-9-11-28(12-13-29(20)22)15-18-6-4-8-19(31-2)21(18)32-3/h4-8,10,14,16H,9,11-13,15H2,1-3H3,(H,25,30). The van der Waals surface area contributed by atoms with Crippen molar-refractivity contribution < 1.29 is 14.3 Å². The molecule has 0 saturated heterocycles. The Bertz CT molecular complexity index is 1070. The van der Waals surface area contributed by atoms with Crippen molar-refractivity contribution in [3.05, 3.63) is 65.5 Å². The molecular weight excluding hydrogens is 408 g/mol. The summed E-state index contributed by atoms with van der Waals surface area (Å²) in [6.45, 7) is 5.12. The van der Waals surface area contributed by atoms with E-state index in [-0.39, 0.29) is 11.9 Å². The smallest absolute Gasteiger partial charge is 0.253 e. The topological polar surface area (TPSA) is 94.4 Å². The molecule has 1 amide bonds. The van der Waals surface area contributed by atoms with Gasteiger partial charge in [0.2, 0.25) is 0 Å². The van der Waals surface area contributed by atoms with Crippen LogP contribution >= 0.6 is 0 Å². The summed E-state index contributed by atoms with van der Waals surface area (Å²) in [4.78, 5) is 18.9. The van der Waals surface area contributed by atoms with Crippen molar-refractivity contribution in [3.63, 3.8) is 0 Å². The van der Waals surface area contributed by atoms with Crippen molar-refractivity contribution in [1.29, 1.82) is 0 Å². The fourth-order valence-electron chi connectivity index (χ4n) is 4.03. The van der Waals surface area contributed by atoms with Crippen LogP contribution in [0.5, 0.6) is 11.5 Å². The molecule has 1 aromatic carbocycles. The van der Waals surface area contributed by atoms with Gasteiger partial charge in [-0.05, 0) is 25.1 Å². The molecule has 1 aliphatic rings. The fraction of sp³-hybridized carbons (Fsp3) is 0.391. The average molecular weight is 437 g/mol. The minimum atomic E-state index is -0.269. The second-order valence-corrected chi connectivity index (χ2v) is 7.74. The summed E-state index contributed by atoms with van der Waals surface area (Å²) in [5, 5.41) is 11.8. The molecule has 1 aliphatic heterocycles. The highest BCUT2D eigenvalue weighted by Gasteiger charge is 2.24. The number of carbonyl (C=O) groups is 1. The van der Waals surface area contributed by atoms with Gasteiger partial charge in [0.05, 0.1) is 25.8 Å². The number of carbonyl (C=O) groups excluding carboxylic acids is 1. The second-order valence-electron chi connectivity index (χ2n) is 7.74. The Morgan fingerprint density at radius 1 is 1.12 bits per heavy atom. The lowest BCUT2D eigenvalue weighted by Gasteiger charge is -2.22. The van der Waals surface area contributed by atoms with E-state index < -0.39 is 0 Å². The van der Waals surface area contributed by atoms with Crippen LogP contribution < -0.4 is 14.8 Å². The first-order valence-corrected chi connectivity index (χ1v) is 10.7. The van der Waals surface area contributed by atoms with Crippen LogP contribution in [0.4, 0.5) is 0 Å². The van der Waals surface area contributed by atoms with E-state index >= 15 is 0 Å². The van der Waals surface area contributed by atoms with Gasteiger partial charge in [-0.3, -0.25) is 14.7 Å². The monoisotopic (exact) mass is 436 g/mol. The highest BCUT2D eigenvalue weighted by molar-refractivity contribution is 5.94. The van der Waals surface area contributed by atoms with Gasteiger partial charge in [-0.15, -0.1) is 10.2 Å². The van der Waals surface area contributed by atoms with Gasteiger partial charge in [0.15, 0.2) is 17.3 Å². The molecule has 1 unspecified atom stereocenters. The van der Waals surface area contributed by atoms with Crippen LogP contribution in [-0.4, -0.2) is 57.9 Å². The number of nitrogens with one attached hydrogen (secondary N) is 1. The van der Waals surface area contributed by atoms with E-state index in [1.54, 1.807) is 38.7 Å². The van der Waals surface area contributed by atoms with Gasteiger partial charge < -0.3 is 19.4 Å². The third-order valence-corrected chi connectivity index (χ3v) is 5.68. The van der Waals surface area contributed by atoms with E-state index in [9.17, 15) is 4.79 Å². The summed E-state index contributed by atoms with van der Waals surface area (Å²) in [7, 11) is 3.31. The first-order chi connectivity index (χ1) is 15.6. The molecule has 9 nitrogen and oxygen atoms in total. The molecule has 0 saturated carbocycles. The van der Waals surface area contributed by atoms with Crippen LogP contribution in [-0.2, 0) is 19.5 Å². The van der Waals surface area contributed by atoms with E-state index in [0.717, 1.165) is 61.3 Å². The van der Waals surface area contributed by atoms with Gasteiger partial charge in [-0.2, -0.15) is 0 Å². The molecule has 4 rings (SSSR count). The Morgan fingerprint density at radius 2 is 2.00 bits per heavy atom. The number of ether oxygens (including phenoxy) is 2. The summed E-state index contributed by atoms with van der Waals surface area (Å²) in [6, 6.07) is 9.16. The summed E-state index contributed by atoms with van der Waals surface area (Å²) < 4.78 is 13.1. The van der Waals surface area contributed by atoms with Crippen molar-refractivity contribution in [2.45, 2.75) is 32.5 Å². The SMILES string of the molecule is COc1cccc(CN2CCc3nnc(C(C)NC(=O)c4cccnc4)n3CC2)c1OC. The maximum Gasteiger partial charge on any atom is 0.253 e. The zero-order chi connectivity index (χ0) is 22.5. The van der Waals surface area contributed by atoms with Crippen LogP contribution in [0.3, 0.4) is 0 Å². The van der Waals surface area contributed by atoms with Gasteiger partial charge in [0, 0.05) is 50.6 Å². The molecule has 1 atom stereocenters. The number of nitrogens with zero attached hydrogens (tertiary/aromatic N) is 5. The molecule has 9 heteroatoms. The predicted octanol–water partition coefficient (Wildman–Crippen LogP) is 2.24. The minimum absolute atomic E-state index is 0.177. The number of para-hydroxylation sites is 1. The third-order valence-electron chi connectivity index (χ3n) is 5.68. The number of pyridine rings is 1. The summed E-state index contributed by atoms with van der Waals surface area (Å²) in [6.07, 6.45) is 3.98. The average Bonchev–Trinajstić information content (AvgIpc) is 3.13. The largest absolute Gasteiger partial charge is 0.493 e. The molecule has 2 aromatic heterocycles. The molecular formula is C23H28N6O3. The van der Waals surface area contributed by atoms with Crippen molar-refractivity contribution in [2.24, 2.45) is 0 Å². The van der Waals surface area contributed by atoms with E-state index in [0.29, 0.717) is 5.56 Å². The van der Waals surface area contributed by atoms with E-state index in [1.165, 1.54) is 0 Å². The normalized spacial score (nSPS) is 14.8. The lowest BCUT2D eigenvalue weighted by atomic mass is 10.1. The van der Waals surface area contributed by atoms with Gasteiger partial charge in [-0.25, -0.2) is 0 Å². The third kappa shape index (κ3) is 4.57. The van der Waals surface area contributed by atoms with Crippen molar-refractivity contribution in [2.75, 3.05) is 27.3 Å². The van der Waals surface area contributed by atoms with Gasteiger partial charge in [0.25, 0.3) is 5.91 Å². The molecule has 1 N–H and O–H groups in total. The first kappa shape index (κ1) is 21.8. The van der Waals surface area contributed by atoms with Crippen molar-refractivity contribution >= 4 is 5.91 Å². The van der Waals surface area contributed by atoms with Crippen molar-refractivity contribution in [1.82, 2.24) is 30.0 Å². The molecule has 0 radical (unpaired) electrons. The number of fused-ring (bicyclic) bond motifs is 1. The van der Waals surface area contributed by atoms with Gasteiger partial charge in [-0.1, -0.05) is 12.1 Å². The quantitative estimate of drug-likeness (QED) is 0.607. The zero-order valence-electron chi connectivity index (χ0n) is 18.6. The minimum Gasteiger partial charge on any atom is -0.493 e. The van der Waals surface area contributed by atoms with Crippen molar-refractivity contribution in [3.8, 4) is 11.5 Å². The summed E-state index contributed by atoms with van der Waals surface area (Å²) in [5.41, 5.74) is 1.61. The number of amides is 1. The number of aromatic nitrogens is 4. The Morgan fingerprint density at radius 3 is 2.75 bits per heavy atom. The summed E-state index contributed by atoms with van der Waals surface area (Å²) in [5.74, 6) is 3.02. The molecule has 3 aromatic rings. The van der Waals surface area contributed by atoms with Crippen LogP contribution in [0.2, 0.25) is 0 Å². The number of rotatable bonds is 7. The highest BCUT2D eigenvalue weighted by atomic mass is 16.5. The van der Waals surface area contributed by atoms with Crippen LogP contribution in [0.25, 0.3) is 0 Å². The number of benzene rings is 1. The van der Waals surface area contributed by atoms with E-state index in [1.807, 2.05) is 19.1 Å². The second kappa shape index (κ2) is 9.78. The Hall–Kier alpha value is -3.46. The van der Waals surface area contributed by atoms with Crippen LogP contribution in [0, 0.1) is 0 Å². The maximum absolute atomic E-state index is 12.5. The number of hydrogen-bond acceptors (Lipinski definition) is 7. The van der Waals surface area contributed by atoms with Crippen LogP contribution in [0.15, 0.2) is 42.7 Å². The van der Waals surface area contributed by atoms with E-state index in [2.05, 4.69) is 36.0 Å². The predicted molar refractivity (Wildman–Crippen MR) is 119 cm³/mol. The molecule has 168 valence electrons. The lowest BCUT2D eigenvalue weighted by molar-refractivity contribution is 0.0937. The first-order valence-electron chi connectivity index (χ1n) is 10.7. The maximum atomic E-state index is 12.5. The number of hydrogen-bond donors (Lipinski definition) is 1. The summed E-state index contributed by atoms with van der Waals surface area (Å²) >= 11 is 0. The van der Waals surface area contributed by atoms with Gasteiger partial charge in [0.1, 0.15) is 5.82 Å². The molecule has 0 fully saturated rings. The molecule has 32 heavy (non-hydrogen) atoms. The Labute approximate surface area is 187 Å². The highest BCUT2D eigenvalue weighted by Crippen LogP contribution is 2.31. The van der Waals surface area contributed by atoms with Gasteiger partial charge >= 0.3 is 0 Å². The van der Waals surface area contributed by atoms with E-state index in [4.69, 9.17) is 9.47 Å². The molecule has 3 heterocycles. The fourth-order valence-corrected chi connectivity index (χ4v) is 4.03.